The number of rotatable bonds is 3. The number of nitrogens with zero attached hydrogens (tertiary/aromatic N) is 2. The molecule has 5 rings (SSSR count). The highest BCUT2D eigenvalue weighted by atomic mass is 16.6. The maximum atomic E-state index is 13.5. The van der Waals surface area contributed by atoms with Crippen molar-refractivity contribution in [3.63, 3.8) is 0 Å². The lowest BCUT2D eigenvalue weighted by atomic mass is 9.70. The zero-order chi connectivity index (χ0) is 20.4. The van der Waals surface area contributed by atoms with Gasteiger partial charge in [0.05, 0.1) is 5.92 Å². The van der Waals surface area contributed by atoms with Crippen molar-refractivity contribution in [1.82, 2.24) is 15.1 Å². The van der Waals surface area contributed by atoms with E-state index in [9.17, 15) is 14.4 Å². The van der Waals surface area contributed by atoms with Crippen LogP contribution in [0.1, 0.15) is 31.9 Å². The monoisotopic (exact) mass is 397 g/mol. The average Bonchev–Trinajstić information content (AvgIpc) is 3.01. The van der Waals surface area contributed by atoms with Crippen molar-refractivity contribution in [1.29, 1.82) is 0 Å². The standard InChI is InChI=1S/C22H27N3O4/c1-21(2)8-15(21)18(26)24-12-22(13-24)11-23-9-16(22)19(27)25-17(10-29-20(25)28)14-6-4-3-5-7-14/h3-7,15-17,23H,8-13H2,1-2H3/t15-,16-,17+/m1/s1. The lowest BCUT2D eigenvalue weighted by molar-refractivity contribution is -0.154. The van der Waals surface area contributed by atoms with Gasteiger partial charge in [0.1, 0.15) is 12.6 Å². The molecule has 4 fully saturated rings. The summed E-state index contributed by atoms with van der Waals surface area (Å²) in [5.41, 5.74) is 0.717. The number of carbonyl (C=O) groups is 3. The van der Waals surface area contributed by atoms with Crippen LogP contribution in [0.5, 0.6) is 0 Å². The summed E-state index contributed by atoms with van der Waals surface area (Å²) < 4.78 is 5.24. The van der Waals surface area contributed by atoms with Crippen LogP contribution in [-0.2, 0) is 14.3 Å². The van der Waals surface area contributed by atoms with Gasteiger partial charge in [-0.2, -0.15) is 0 Å². The summed E-state index contributed by atoms with van der Waals surface area (Å²) in [7, 11) is 0. The van der Waals surface area contributed by atoms with Gasteiger partial charge in [-0.1, -0.05) is 44.2 Å². The first-order chi connectivity index (χ1) is 13.8. The molecule has 0 aromatic heterocycles. The van der Waals surface area contributed by atoms with Crippen LogP contribution in [-0.4, -0.2) is 60.5 Å². The van der Waals surface area contributed by atoms with Crippen LogP contribution in [0.15, 0.2) is 30.3 Å². The summed E-state index contributed by atoms with van der Waals surface area (Å²) in [4.78, 5) is 41.8. The second-order valence-electron chi connectivity index (χ2n) is 9.70. The van der Waals surface area contributed by atoms with Gasteiger partial charge in [0.15, 0.2) is 0 Å². The number of likely N-dealkylation sites (tertiary alicyclic amines) is 1. The molecule has 0 radical (unpaired) electrons. The SMILES string of the molecule is CC1(C)C[C@@H]1C(=O)N1CC2(CNC[C@@H]2C(=O)N2C(=O)OC[C@H]2c2ccccc2)C1. The third kappa shape index (κ3) is 2.86. The molecule has 3 atom stereocenters. The summed E-state index contributed by atoms with van der Waals surface area (Å²) in [5.74, 6) is -0.193. The minimum atomic E-state index is -0.571. The first-order valence-corrected chi connectivity index (χ1v) is 10.4. The second kappa shape index (κ2) is 6.29. The molecule has 1 spiro atoms. The third-order valence-electron chi connectivity index (χ3n) is 7.29. The quantitative estimate of drug-likeness (QED) is 0.842. The first-order valence-electron chi connectivity index (χ1n) is 10.4. The van der Waals surface area contributed by atoms with E-state index in [0.717, 1.165) is 12.0 Å². The normalized spacial score (nSPS) is 31.5. The van der Waals surface area contributed by atoms with Gasteiger partial charge in [0.2, 0.25) is 11.8 Å². The Hall–Kier alpha value is -2.41. The molecule has 29 heavy (non-hydrogen) atoms. The number of benzene rings is 1. The number of cyclic esters (lactones) is 1. The summed E-state index contributed by atoms with van der Waals surface area (Å²) in [5, 5.41) is 3.32. The minimum Gasteiger partial charge on any atom is -0.446 e. The molecule has 3 aliphatic heterocycles. The Balaban J connectivity index is 1.32. The molecule has 3 amide bonds. The molecule has 7 heteroatoms. The van der Waals surface area contributed by atoms with Crippen LogP contribution >= 0.6 is 0 Å². The Morgan fingerprint density at radius 3 is 2.45 bits per heavy atom. The summed E-state index contributed by atoms with van der Waals surface area (Å²) >= 11 is 0. The van der Waals surface area contributed by atoms with Crippen molar-refractivity contribution in [2.75, 3.05) is 32.8 Å². The molecule has 1 N–H and O–H groups in total. The van der Waals surface area contributed by atoms with Gasteiger partial charge in [-0.25, -0.2) is 9.69 Å². The number of imide groups is 1. The number of amides is 3. The van der Waals surface area contributed by atoms with E-state index < -0.39 is 6.09 Å². The maximum absolute atomic E-state index is 13.5. The number of ether oxygens (including phenoxy) is 1. The molecular weight excluding hydrogens is 370 g/mol. The minimum absolute atomic E-state index is 0.102. The highest BCUT2D eigenvalue weighted by molar-refractivity contribution is 5.96. The molecule has 1 aliphatic carbocycles. The fourth-order valence-corrected chi connectivity index (χ4v) is 5.22. The zero-order valence-electron chi connectivity index (χ0n) is 16.9. The van der Waals surface area contributed by atoms with Gasteiger partial charge in [-0.3, -0.25) is 9.59 Å². The van der Waals surface area contributed by atoms with Crippen molar-refractivity contribution in [2.24, 2.45) is 22.7 Å². The fraction of sp³-hybridized carbons (Fsp3) is 0.591. The van der Waals surface area contributed by atoms with Gasteiger partial charge < -0.3 is 15.0 Å². The van der Waals surface area contributed by atoms with E-state index in [0.29, 0.717) is 26.2 Å². The molecule has 0 bridgehead atoms. The van der Waals surface area contributed by atoms with Crippen molar-refractivity contribution in [3.8, 4) is 0 Å². The van der Waals surface area contributed by atoms with Gasteiger partial charge in [-0.05, 0) is 17.4 Å². The first kappa shape index (κ1) is 18.6. The predicted octanol–water partition coefficient (Wildman–Crippen LogP) is 1.80. The summed E-state index contributed by atoms with van der Waals surface area (Å²) in [6.45, 7) is 6.82. The largest absolute Gasteiger partial charge is 0.446 e. The Kier molecular flexibility index (Phi) is 4.04. The van der Waals surface area contributed by atoms with Crippen molar-refractivity contribution in [2.45, 2.75) is 26.3 Å². The van der Waals surface area contributed by atoms with E-state index in [2.05, 4.69) is 19.2 Å². The molecule has 0 unspecified atom stereocenters. The van der Waals surface area contributed by atoms with E-state index >= 15 is 0 Å². The van der Waals surface area contributed by atoms with E-state index in [-0.39, 0.29) is 47.1 Å². The lowest BCUT2D eigenvalue weighted by Gasteiger charge is -2.51. The number of nitrogens with one attached hydrogen (secondary N) is 1. The predicted molar refractivity (Wildman–Crippen MR) is 105 cm³/mol. The highest BCUT2D eigenvalue weighted by Crippen LogP contribution is 2.54. The second-order valence-corrected chi connectivity index (χ2v) is 9.70. The topological polar surface area (TPSA) is 79.0 Å². The molecule has 7 nitrogen and oxygen atoms in total. The van der Waals surface area contributed by atoms with E-state index in [1.165, 1.54) is 4.90 Å². The van der Waals surface area contributed by atoms with Crippen LogP contribution < -0.4 is 5.32 Å². The summed E-state index contributed by atoms with van der Waals surface area (Å²) in [6.07, 6.45) is 0.367. The average molecular weight is 397 g/mol. The fourth-order valence-electron chi connectivity index (χ4n) is 5.22. The molecule has 3 heterocycles. The van der Waals surface area contributed by atoms with E-state index in [1.54, 1.807) is 0 Å². The van der Waals surface area contributed by atoms with Crippen LogP contribution in [0.2, 0.25) is 0 Å². The molecule has 1 aromatic rings. The van der Waals surface area contributed by atoms with Gasteiger partial charge in [0, 0.05) is 37.5 Å². The Bertz CT molecular complexity index is 862. The smallest absolute Gasteiger partial charge is 0.417 e. The van der Waals surface area contributed by atoms with Crippen LogP contribution in [0.25, 0.3) is 0 Å². The molecule has 1 saturated carbocycles. The molecule has 1 aromatic carbocycles. The highest BCUT2D eigenvalue weighted by Gasteiger charge is 2.61. The van der Waals surface area contributed by atoms with Gasteiger partial charge in [0.25, 0.3) is 0 Å². The van der Waals surface area contributed by atoms with E-state index in [1.807, 2.05) is 35.2 Å². The van der Waals surface area contributed by atoms with Crippen molar-refractivity contribution < 1.29 is 19.1 Å². The van der Waals surface area contributed by atoms with E-state index in [4.69, 9.17) is 4.74 Å². The number of hydrogen-bond donors (Lipinski definition) is 1. The molecule has 154 valence electrons. The number of hydrogen-bond acceptors (Lipinski definition) is 5. The number of carbonyl (C=O) groups excluding carboxylic acids is 3. The van der Waals surface area contributed by atoms with Crippen molar-refractivity contribution in [3.05, 3.63) is 35.9 Å². The van der Waals surface area contributed by atoms with Gasteiger partial charge >= 0.3 is 6.09 Å². The van der Waals surface area contributed by atoms with Crippen LogP contribution in [0, 0.1) is 22.7 Å². The summed E-state index contributed by atoms with van der Waals surface area (Å²) in [6, 6.07) is 9.14. The van der Waals surface area contributed by atoms with Gasteiger partial charge in [-0.15, -0.1) is 0 Å². The zero-order valence-corrected chi connectivity index (χ0v) is 16.9. The molecule has 3 saturated heterocycles. The Morgan fingerprint density at radius 1 is 1.10 bits per heavy atom. The Labute approximate surface area is 170 Å². The Morgan fingerprint density at radius 2 is 1.79 bits per heavy atom. The maximum Gasteiger partial charge on any atom is 0.417 e. The van der Waals surface area contributed by atoms with Crippen LogP contribution in [0.3, 0.4) is 0 Å². The third-order valence-corrected chi connectivity index (χ3v) is 7.29. The van der Waals surface area contributed by atoms with Crippen LogP contribution in [0.4, 0.5) is 4.79 Å². The molecular formula is C22H27N3O4. The van der Waals surface area contributed by atoms with Crippen molar-refractivity contribution >= 4 is 17.9 Å². The molecule has 4 aliphatic rings. The lowest BCUT2D eigenvalue weighted by Crippen LogP contribution is -2.64.